The van der Waals surface area contributed by atoms with E-state index >= 15 is 0 Å². The Bertz CT molecular complexity index is 56.9. The Morgan fingerprint density at radius 3 is 2.71 bits per heavy atom. The lowest BCUT2D eigenvalue weighted by atomic mass is 10.7. The molecule has 0 unspecified atom stereocenters. The molecule has 4 heteroatoms. The zero-order chi connectivity index (χ0) is 5.70. The average Bonchev–Trinajstić information content (AvgIpc) is 1.61. The first-order chi connectivity index (χ1) is 3.27. The van der Waals surface area contributed by atoms with Crippen molar-refractivity contribution in [3.05, 3.63) is 0 Å². The minimum atomic E-state index is -0.470. The highest BCUT2D eigenvalue weighted by atomic mass is 127. The van der Waals surface area contributed by atoms with Gasteiger partial charge in [-0.1, -0.05) is 0 Å². The molecule has 0 heterocycles. The summed E-state index contributed by atoms with van der Waals surface area (Å²) in [5, 5.41) is 10.8. The second kappa shape index (κ2) is 4.32. The summed E-state index contributed by atoms with van der Waals surface area (Å²) >= 11 is 1.80. The molecule has 7 heavy (non-hydrogen) atoms. The number of halogens is 1. The van der Waals surface area contributed by atoms with Crippen LogP contribution in [0.2, 0.25) is 0 Å². The van der Waals surface area contributed by atoms with Crippen molar-refractivity contribution in [3.63, 3.8) is 0 Å². The molecule has 42 valence electrons. The topological polar surface area (TPSA) is 49.3 Å². The fourth-order valence-corrected chi connectivity index (χ4v) is 0.400. The van der Waals surface area contributed by atoms with Gasteiger partial charge in [0.15, 0.2) is 0 Å². The van der Waals surface area contributed by atoms with E-state index in [0.717, 1.165) is 0 Å². The first-order valence-corrected chi connectivity index (χ1v) is 3.01. The summed E-state index contributed by atoms with van der Waals surface area (Å²) in [7, 11) is 0. The van der Waals surface area contributed by atoms with Crippen LogP contribution in [-0.4, -0.2) is 22.2 Å². The molecule has 0 bridgehead atoms. The Kier molecular flexibility index (Phi) is 4.42. The number of hydrogen-bond acceptors (Lipinski definition) is 2. The highest BCUT2D eigenvalue weighted by Gasteiger charge is 1.90. The molecule has 0 aromatic heterocycles. The van der Waals surface area contributed by atoms with Crippen molar-refractivity contribution >= 4 is 29.0 Å². The monoisotopic (exact) mass is 215 g/mol. The van der Waals surface area contributed by atoms with Crippen molar-refractivity contribution in [3.8, 4) is 0 Å². The van der Waals surface area contributed by atoms with E-state index in [1.165, 1.54) is 0 Å². The fourth-order valence-electron chi connectivity index (χ4n) is 0.145. The van der Waals surface area contributed by atoms with Crippen molar-refractivity contribution in [1.82, 2.24) is 5.32 Å². The summed E-state index contributed by atoms with van der Waals surface area (Å²) in [5.41, 5.74) is 0. The van der Waals surface area contributed by atoms with Gasteiger partial charge in [-0.2, -0.15) is 0 Å². The number of rotatable bonds is 3. The number of carbonyl (C=O) groups is 1. The van der Waals surface area contributed by atoms with Gasteiger partial charge in [0.1, 0.15) is 4.11 Å². The van der Waals surface area contributed by atoms with Crippen molar-refractivity contribution in [2.24, 2.45) is 0 Å². The number of hydrogen-bond donors (Lipinski definition) is 2. The molecule has 0 rings (SSSR count). The first-order valence-electron chi connectivity index (χ1n) is 1.76. The summed E-state index contributed by atoms with van der Waals surface area (Å²) in [6.07, 6.45) is 0.557. The van der Waals surface area contributed by atoms with Crippen LogP contribution in [0.4, 0.5) is 0 Å². The SMILES string of the molecule is O=CNC[C@@H](O)I. The molecule has 0 saturated heterocycles. The maximum absolute atomic E-state index is 9.48. The van der Waals surface area contributed by atoms with Gasteiger partial charge in [-0.25, -0.2) is 0 Å². The average molecular weight is 215 g/mol. The lowest BCUT2D eigenvalue weighted by Gasteiger charge is -1.96. The number of aliphatic hydroxyl groups excluding tert-OH is 1. The quantitative estimate of drug-likeness (QED) is 0.378. The molecule has 1 amide bonds. The van der Waals surface area contributed by atoms with E-state index in [1.807, 2.05) is 0 Å². The van der Waals surface area contributed by atoms with Crippen molar-refractivity contribution in [2.45, 2.75) is 4.11 Å². The van der Waals surface area contributed by atoms with E-state index in [2.05, 4.69) is 5.32 Å². The van der Waals surface area contributed by atoms with Gasteiger partial charge in [0.05, 0.1) is 6.54 Å². The normalized spacial score (nSPS) is 12.9. The molecule has 0 aliphatic carbocycles. The van der Waals surface area contributed by atoms with E-state index in [-0.39, 0.29) is 0 Å². The lowest BCUT2D eigenvalue weighted by Crippen LogP contribution is -2.20. The van der Waals surface area contributed by atoms with Gasteiger partial charge in [-0.15, -0.1) is 0 Å². The Hall–Kier alpha value is 0.160. The lowest BCUT2D eigenvalue weighted by molar-refractivity contribution is -0.109. The van der Waals surface area contributed by atoms with Crippen LogP contribution in [0.15, 0.2) is 0 Å². The van der Waals surface area contributed by atoms with Crippen LogP contribution in [0.5, 0.6) is 0 Å². The number of alkyl halides is 1. The first kappa shape index (κ1) is 7.16. The number of amides is 1. The standard InChI is InChI=1S/C3H6INO2/c4-3(7)1-5-2-6/h2-3,7H,1H2,(H,5,6)/t3-/m1/s1. The third-order valence-corrected chi connectivity index (χ3v) is 0.810. The van der Waals surface area contributed by atoms with E-state index in [1.54, 1.807) is 22.6 Å². The van der Waals surface area contributed by atoms with Crippen LogP contribution in [0.1, 0.15) is 0 Å². The van der Waals surface area contributed by atoms with Crippen molar-refractivity contribution in [2.75, 3.05) is 6.54 Å². The second-order valence-electron chi connectivity index (χ2n) is 0.961. The third-order valence-electron chi connectivity index (χ3n) is 0.370. The molecule has 0 saturated carbocycles. The Morgan fingerprint density at radius 2 is 2.57 bits per heavy atom. The minimum absolute atomic E-state index is 0.323. The maximum atomic E-state index is 9.48. The van der Waals surface area contributed by atoms with E-state index in [4.69, 9.17) is 5.11 Å². The molecular weight excluding hydrogens is 209 g/mol. The van der Waals surface area contributed by atoms with Gasteiger partial charge in [0.2, 0.25) is 6.41 Å². The van der Waals surface area contributed by atoms with Crippen LogP contribution >= 0.6 is 22.6 Å². The molecule has 3 nitrogen and oxygen atoms in total. The molecule has 0 fully saturated rings. The fraction of sp³-hybridized carbons (Fsp3) is 0.667. The molecule has 0 radical (unpaired) electrons. The van der Waals surface area contributed by atoms with Crippen LogP contribution < -0.4 is 5.32 Å². The van der Waals surface area contributed by atoms with Crippen molar-refractivity contribution in [1.29, 1.82) is 0 Å². The summed E-state index contributed by atoms with van der Waals surface area (Å²) in [4.78, 5) is 9.48. The van der Waals surface area contributed by atoms with Crippen LogP contribution in [0.25, 0.3) is 0 Å². The highest BCUT2D eigenvalue weighted by Crippen LogP contribution is 1.88. The highest BCUT2D eigenvalue weighted by molar-refractivity contribution is 14.1. The van der Waals surface area contributed by atoms with Gasteiger partial charge in [-0.3, -0.25) is 4.79 Å². The van der Waals surface area contributed by atoms with E-state index < -0.39 is 4.11 Å². The number of nitrogens with one attached hydrogen (secondary N) is 1. The molecule has 0 aliphatic rings. The summed E-state index contributed by atoms with van der Waals surface area (Å²) in [6.45, 7) is 0.323. The summed E-state index contributed by atoms with van der Waals surface area (Å²) < 4.78 is -0.470. The molecule has 1 atom stereocenters. The van der Waals surface area contributed by atoms with Crippen molar-refractivity contribution < 1.29 is 9.90 Å². The van der Waals surface area contributed by atoms with Gasteiger partial charge >= 0.3 is 0 Å². The van der Waals surface area contributed by atoms with Crippen LogP contribution in [0.3, 0.4) is 0 Å². The van der Waals surface area contributed by atoms with E-state index in [9.17, 15) is 4.79 Å². The zero-order valence-corrected chi connectivity index (χ0v) is 5.75. The maximum Gasteiger partial charge on any atom is 0.207 e. The smallest absolute Gasteiger partial charge is 0.207 e. The molecule has 0 aromatic carbocycles. The van der Waals surface area contributed by atoms with Crippen LogP contribution in [0, 0.1) is 0 Å². The Morgan fingerprint density at radius 1 is 2.00 bits per heavy atom. The summed E-state index contributed by atoms with van der Waals surface area (Å²) in [6, 6.07) is 0. The second-order valence-corrected chi connectivity index (χ2v) is 2.40. The van der Waals surface area contributed by atoms with Gasteiger partial charge in [0.25, 0.3) is 0 Å². The predicted octanol–water partition coefficient (Wildman–Crippen LogP) is -0.514. The molecule has 0 aliphatic heterocycles. The Labute approximate surface area is 55.2 Å². The molecule has 0 aromatic rings. The Balaban J connectivity index is 2.81. The number of aliphatic hydroxyl groups is 1. The van der Waals surface area contributed by atoms with E-state index in [0.29, 0.717) is 13.0 Å². The largest absolute Gasteiger partial charge is 0.381 e. The third kappa shape index (κ3) is 6.16. The zero-order valence-electron chi connectivity index (χ0n) is 3.60. The molecule has 2 N–H and O–H groups in total. The van der Waals surface area contributed by atoms with Gasteiger partial charge < -0.3 is 10.4 Å². The summed E-state index contributed by atoms with van der Waals surface area (Å²) in [5.74, 6) is 0. The minimum Gasteiger partial charge on any atom is -0.381 e. The number of carbonyl (C=O) groups excluding carboxylic acids is 1. The van der Waals surface area contributed by atoms with Crippen LogP contribution in [-0.2, 0) is 4.79 Å². The van der Waals surface area contributed by atoms with Gasteiger partial charge in [-0.05, 0) is 22.6 Å². The van der Waals surface area contributed by atoms with Gasteiger partial charge in [0, 0.05) is 0 Å². The molecule has 0 spiro atoms. The molecular formula is C3H6INO2. The predicted molar refractivity (Wildman–Crippen MR) is 34.1 cm³/mol.